The largest absolute Gasteiger partial charge is 0.302 e. The van der Waals surface area contributed by atoms with Crippen molar-refractivity contribution in [2.75, 3.05) is 26.2 Å². The van der Waals surface area contributed by atoms with Gasteiger partial charge in [-0.1, -0.05) is 6.07 Å². The Labute approximate surface area is 152 Å². The van der Waals surface area contributed by atoms with Crippen molar-refractivity contribution in [3.05, 3.63) is 52.0 Å². The zero-order valence-electron chi connectivity index (χ0n) is 14.2. The van der Waals surface area contributed by atoms with Crippen molar-refractivity contribution < 1.29 is 12.8 Å². The minimum absolute atomic E-state index is 0.144. The molecule has 0 aliphatic carbocycles. The third kappa shape index (κ3) is 4.67. The summed E-state index contributed by atoms with van der Waals surface area (Å²) in [6, 6.07) is 8.03. The molecule has 4 nitrogen and oxygen atoms in total. The van der Waals surface area contributed by atoms with Crippen LogP contribution in [0.5, 0.6) is 0 Å². The van der Waals surface area contributed by atoms with Crippen LogP contribution in [0.25, 0.3) is 0 Å². The first-order chi connectivity index (χ1) is 12.0. The summed E-state index contributed by atoms with van der Waals surface area (Å²) in [6.07, 6.45) is 2.23. The van der Waals surface area contributed by atoms with Crippen molar-refractivity contribution in [1.29, 1.82) is 0 Å². The highest BCUT2D eigenvalue weighted by atomic mass is 32.2. The van der Waals surface area contributed by atoms with E-state index in [2.05, 4.69) is 27.1 Å². The first kappa shape index (κ1) is 18.5. The van der Waals surface area contributed by atoms with Crippen LogP contribution in [0.15, 0.2) is 40.6 Å². The highest BCUT2D eigenvalue weighted by molar-refractivity contribution is 7.89. The molecule has 1 N–H and O–H groups in total. The minimum Gasteiger partial charge on any atom is -0.302 e. The molecule has 1 aromatic carbocycles. The zero-order chi connectivity index (χ0) is 17.9. The Morgan fingerprint density at radius 3 is 2.68 bits per heavy atom. The molecule has 0 bridgehead atoms. The van der Waals surface area contributed by atoms with E-state index in [9.17, 15) is 12.8 Å². The van der Waals surface area contributed by atoms with Gasteiger partial charge in [-0.3, -0.25) is 0 Å². The fraction of sp³-hybridized carbons (Fsp3) is 0.444. The summed E-state index contributed by atoms with van der Waals surface area (Å²) in [6.45, 7) is 4.63. The fourth-order valence-electron chi connectivity index (χ4n) is 3.29. The van der Waals surface area contributed by atoms with Gasteiger partial charge >= 0.3 is 0 Å². The van der Waals surface area contributed by atoms with E-state index in [1.54, 1.807) is 6.92 Å². The number of halogens is 1. The topological polar surface area (TPSA) is 49.4 Å². The summed E-state index contributed by atoms with van der Waals surface area (Å²) in [5, 5.41) is 2.12. The molecule has 0 unspecified atom stereocenters. The molecule has 0 spiro atoms. The molecule has 3 rings (SSSR count). The smallest absolute Gasteiger partial charge is 0.240 e. The lowest BCUT2D eigenvalue weighted by atomic mass is 9.95. The van der Waals surface area contributed by atoms with Gasteiger partial charge < -0.3 is 4.90 Å². The van der Waals surface area contributed by atoms with Crippen LogP contribution in [0, 0.1) is 12.7 Å². The minimum atomic E-state index is -3.60. The Morgan fingerprint density at radius 1 is 1.28 bits per heavy atom. The van der Waals surface area contributed by atoms with Gasteiger partial charge in [0.2, 0.25) is 10.0 Å². The molecule has 136 valence electrons. The Kier molecular flexibility index (Phi) is 5.89. The molecule has 0 atom stereocenters. The van der Waals surface area contributed by atoms with Crippen LogP contribution in [0.2, 0.25) is 0 Å². The van der Waals surface area contributed by atoms with Crippen LogP contribution in [-0.4, -0.2) is 39.5 Å². The average Bonchev–Trinajstić information content (AvgIpc) is 3.09. The fourth-order valence-corrected chi connectivity index (χ4v) is 5.44. The molecular weight excluding hydrogens is 359 g/mol. The number of aryl methyl sites for hydroxylation is 1. The Morgan fingerprint density at radius 2 is 2.04 bits per heavy atom. The number of sulfonamides is 1. The van der Waals surface area contributed by atoms with Crippen molar-refractivity contribution in [1.82, 2.24) is 9.62 Å². The number of rotatable bonds is 6. The summed E-state index contributed by atoms with van der Waals surface area (Å²) < 4.78 is 40.5. The van der Waals surface area contributed by atoms with E-state index in [0.29, 0.717) is 24.6 Å². The lowest BCUT2D eigenvalue weighted by Gasteiger charge is -2.31. The second kappa shape index (κ2) is 7.95. The molecule has 7 heteroatoms. The van der Waals surface area contributed by atoms with E-state index >= 15 is 0 Å². The maximum Gasteiger partial charge on any atom is 0.240 e. The summed E-state index contributed by atoms with van der Waals surface area (Å²) >= 11 is 1.81. The highest BCUT2D eigenvalue weighted by Crippen LogP contribution is 2.30. The molecule has 0 amide bonds. The van der Waals surface area contributed by atoms with E-state index in [0.717, 1.165) is 25.9 Å². The number of benzene rings is 1. The van der Waals surface area contributed by atoms with Crippen LogP contribution in [0.3, 0.4) is 0 Å². The van der Waals surface area contributed by atoms with Gasteiger partial charge in [0, 0.05) is 18.0 Å². The van der Waals surface area contributed by atoms with Crippen molar-refractivity contribution >= 4 is 21.4 Å². The number of likely N-dealkylation sites (tertiary alicyclic amines) is 1. The van der Waals surface area contributed by atoms with Crippen molar-refractivity contribution in [3.63, 3.8) is 0 Å². The number of piperidine rings is 1. The summed E-state index contributed by atoms with van der Waals surface area (Å²) in [7, 11) is -3.60. The zero-order valence-corrected chi connectivity index (χ0v) is 15.9. The van der Waals surface area contributed by atoms with Gasteiger partial charge in [0.05, 0.1) is 4.90 Å². The van der Waals surface area contributed by atoms with E-state index in [-0.39, 0.29) is 4.90 Å². The first-order valence-corrected chi connectivity index (χ1v) is 10.8. The number of hydrogen-bond donors (Lipinski definition) is 1. The van der Waals surface area contributed by atoms with Gasteiger partial charge in [-0.25, -0.2) is 17.5 Å². The molecule has 1 aromatic heterocycles. The third-order valence-electron chi connectivity index (χ3n) is 4.68. The Bertz CT molecular complexity index is 798. The van der Waals surface area contributed by atoms with Gasteiger partial charge in [-0.2, -0.15) is 0 Å². The van der Waals surface area contributed by atoms with Crippen molar-refractivity contribution in [3.8, 4) is 0 Å². The molecule has 1 fully saturated rings. The lowest BCUT2D eigenvalue weighted by molar-refractivity contribution is 0.217. The maximum atomic E-state index is 13.1. The molecular formula is C18H23FN2O2S2. The molecule has 0 radical (unpaired) electrons. The molecule has 1 aliphatic heterocycles. The van der Waals surface area contributed by atoms with Crippen LogP contribution in [0.4, 0.5) is 4.39 Å². The van der Waals surface area contributed by atoms with Crippen molar-refractivity contribution in [2.45, 2.75) is 30.6 Å². The van der Waals surface area contributed by atoms with Gasteiger partial charge in [0.25, 0.3) is 0 Å². The van der Waals surface area contributed by atoms with Gasteiger partial charge in [0.15, 0.2) is 0 Å². The summed E-state index contributed by atoms with van der Waals surface area (Å²) in [5.41, 5.74) is 0.421. The van der Waals surface area contributed by atoms with E-state index in [1.165, 1.54) is 23.1 Å². The molecule has 2 aromatic rings. The monoisotopic (exact) mass is 382 g/mol. The van der Waals surface area contributed by atoms with Gasteiger partial charge in [0.1, 0.15) is 5.82 Å². The molecule has 0 saturated carbocycles. The lowest BCUT2D eigenvalue weighted by Crippen LogP contribution is -2.39. The van der Waals surface area contributed by atoms with Gasteiger partial charge in [-0.05, 0) is 74.0 Å². The molecule has 25 heavy (non-hydrogen) atoms. The predicted molar refractivity (Wildman–Crippen MR) is 99.1 cm³/mol. The van der Waals surface area contributed by atoms with Crippen molar-refractivity contribution in [2.24, 2.45) is 0 Å². The highest BCUT2D eigenvalue weighted by Gasteiger charge is 2.22. The predicted octanol–water partition coefficient (Wildman–Crippen LogP) is 3.35. The Hall–Kier alpha value is -1.28. The van der Waals surface area contributed by atoms with E-state index in [4.69, 9.17) is 0 Å². The number of hydrogen-bond acceptors (Lipinski definition) is 4. The third-order valence-corrected chi connectivity index (χ3v) is 7.34. The Balaban J connectivity index is 1.48. The van der Waals surface area contributed by atoms with Crippen LogP contribution < -0.4 is 4.72 Å². The van der Waals surface area contributed by atoms with Crippen LogP contribution in [0.1, 0.15) is 29.2 Å². The second-order valence-electron chi connectivity index (χ2n) is 6.44. The van der Waals surface area contributed by atoms with E-state index < -0.39 is 15.8 Å². The molecule has 2 heterocycles. The van der Waals surface area contributed by atoms with Gasteiger partial charge in [-0.15, -0.1) is 11.3 Å². The standard InChI is InChI=1S/C18H23FN2O2S2/c1-14-13-16(19)4-5-18(14)25(22,23)20-8-11-21-9-6-15(7-10-21)17-3-2-12-24-17/h2-5,12-13,15,20H,6-11H2,1H3. The normalized spacial score (nSPS) is 17.0. The molecule has 1 saturated heterocycles. The number of nitrogens with zero attached hydrogens (tertiary/aromatic N) is 1. The van der Waals surface area contributed by atoms with Crippen LogP contribution >= 0.6 is 11.3 Å². The van der Waals surface area contributed by atoms with Crippen LogP contribution in [-0.2, 0) is 10.0 Å². The summed E-state index contributed by atoms with van der Waals surface area (Å²) in [4.78, 5) is 3.89. The quantitative estimate of drug-likeness (QED) is 0.833. The number of nitrogens with one attached hydrogen (secondary N) is 1. The SMILES string of the molecule is Cc1cc(F)ccc1S(=O)(=O)NCCN1CCC(c2cccs2)CC1. The van der Waals surface area contributed by atoms with E-state index in [1.807, 2.05) is 11.3 Å². The maximum absolute atomic E-state index is 13.1. The summed E-state index contributed by atoms with van der Waals surface area (Å²) in [5.74, 6) is 0.208. The number of thiophene rings is 1. The molecule has 1 aliphatic rings. The average molecular weight is 383 g/mol. The second-order valence-corrected chi connectivity index (χ2v) is 9.15. The first-order valence-electron chi connectivity index (χ1n) is 8.47.